The summed E-state index contributed by atoms with van der Waals surface area (Å²) in [6.07, 6.45) is 4.81. The van der Waals surface area contributed by atoms with Crippen molar-refractivity contribution in [3.8, 4) is 5.75 Å². The summed E-state index contributed by atoms with van der Waals surface area (Å²) in [6.45, 7) is 6.06. The molecule has 2 aromatic rings. The number of nitrogens with one attached hydrogen (secondary N) is 1. The lowest BCUT2D eigenvalue weighted by Crippen LogP contribution is -2.24. The second-order valence-electron chi connectivity index (χ2n) is 5.64. The molecule has 0 saturated heterocycles. The molecule has 2 unspecified atom stereocenters. The number of hydrogen-bond acceptors (Lipinski definition) is 3. The van der Waals surface area contributed by atoms with Crippen LogP contribution in [0, 0.1) is 6.92 Å². The van der Waals surface area contributed by atoms with Crippen LogP contribution in [0.4, 0.5) is 0 Å². The lowest BCUT2D eigenvalue weighted by molar-refractivity contribution is 0.436. The lowest BCUT2D eigenvalue weighted by atomic mass is 9.97. The third-order valence-electron chi connectivity index (χ3n) is 4.20. The maximum Gasteiger partial charge on any atom is 0.120 e. The molecule has 3 rings (SSSR count). The average molecular weight is 271 g/mol. The summed E-state index contributed by atoms with van der Waals surface area (Å²) < 4.78 is 1.92. The van der Waals surface area contributed by atoms with Gasteiger partial charge in [-0.3, -0.25) is 4.68 Å². The Balaban J connectivity index is 1.73. The maximum atomic E-state index is 10.2. The minimum Gasteiger partial charge on any atom is -0.508 e. The largest absolute Gasteiger partial charge is 0.508 e. The van der Waals surface area contributed by atoms with E-state index in [1.54, 1.807) is 6.20 Å². The van der Waals surface area contributed by atoms with E-state index in [1.165, 1.54) is 11.1 Å². The molecule has 0 fully saturated rings. The Morgan fingerprint density at radius 1 is 1.40 bits per heavy atom. The third-order valence-corrected chi connectivity index (χ3v) is 4.20. The minimum atomic E-state index is 0.246. The van der Waals surface area contributed by atoms with Crippen molar-refractivity contribution < 1.29 is 5.11 Å². The Morgan fingerprint density at radius 2 is 2.25 bits per heavy atom. The van der Waals surface area contributed by atoms with Gasteiger partial charge in [-0.05, 0) is 42.5 Å². The molecule has 2 atom stereocenters. The first kappa shape index (κ1) is 13.2. The Morgan fingerprint density at radius 3 is 3.00 bits per heavy atom. The van der Waals surface area contributed by atoms with Crippen LogP contribution in [0.25, 0.3) is 0 Å². The van der Waals surface area contributed by atoms with E-state index < -0.39 is 0 Å². The number of phenolic OH excluding ortho intramolecular Hbond substituents is 1. The molecule has 4 heteroatoms. The molecule has 1 aliphatic rings. The first-order chi connectivity index (χ1) is 9.66. The smallest absolute Gasteiger partial charge is 0.120 e. The Hall–Kier alpha value is -1.81. The van der Waals surface area contributed by atoms with Gasteiger partial charge in [-0.15, -0.1) is 0 Å². The second-order valence-corrected chi connectivity index (χ2v) is 5.64. The number of aromatic nitrogens is 2. The molecule has 0 spiro atoms. The number of phenols is 1. The molecule has 0 saturated carbocycles. The predicted molar refractivity (Wildman–Crippen MR) is 78.8 cm³/mol. The number of hydrogen-bond donors (Lipinski definition) is 2. The van der Waals surface area contributed by atoms with Gasteiger partial charge < -0.3 is 10.4 Å². The quantitative estimate of drug-likeness (QED) is 0.899. The molecule has 0 aliphatic heterocycles. The van der Waals surface area contributed by atoms with Crippen molar-refractivity contribution in [1.82, 2.24) is 15.1 Å². The van der Waals surface area contributed by atoms with Crippen LogP contribution in [-0.4, -0.2) is 21.4 Å². The predicted octanol–water partition coefficient (Wildman–Crippen LogP) is 2.74. The van der Waals surface area contributed by atoms with E-state index in [2.05, 4.69) is 24.3 Å². The first-order valence-corrected chi connectivity index (χ1v) is 7.20. The minimum absolute atomic E-state index is 0.246. The van der Waals surface area contributed by atoms with Crippen LogP contribution in [0.2, 0.25) is 0 Å². The van der Waals surface area contributed by atoms with Gasteiger partial charge in [-0.25, -0.2) is 0 Å². The highest BCUT2D eigenvalue weighted by Crippen LogP contribution is 2.45. The van der Waals surface area contributed by atoms with E-state index >= 15 is 0 Å². The second kappa shape index (κ2) is 5.29. The van der Waals surface area contributed by atoms with Crippen molar-refractivity contribution in [3.05, 3.63) is 47.3 Å². The van der Waals surface area contributed by atoms with Gasteiger partial charge in [0, 0.05) is 30.5 Å². The molecule has 1 aromatic heterocycles. The molecule has 1 aliphatic carbocycles. The molecule has 2 N–H and O–H groups in total. The number of benzene rings is 1. The van der Waals surface area contributed by atoms with E-state index in [0.717, 1.165) is 25.1 Å². The number of aromatic hydroxyl groups is 1. The summed E-state index contributed by atoms with van der Waals surface area (Å²) >= 11 is 0. The van der Waals surface area contributed by atoms with Gasteiger partial charge in [-0.2, -0.15) is 5.10 Å². The third kappa shape index (κ3) is 2.31. The van der Waals surface area contributed by atoms with Gasteiger partial charge in [0.2, 0.25) is 0 Å². The Kier molecular flexibility index (Phi) is 3.49. The number of nitrogens with zero attached hydrogens (tertiary/aromatic N) is 2. The van der Waals surface area contributed by atoms with Crippen LogP contribution in [0.3, 0.4) is 0 Å². The molecule has 106 valence electrons. The first-order valence-electron chi connectivity index (χ1n) is 7.20. The maximum absolute atomic E-state index is 10.2. The van der Waals surface area contributed by atoms with Crippen molar-refractivity contribution in [2.75, 3.05) is 6.54 Å². The molecule has 0 radical (unpaired) electrons. The zero-order chi connectivity index (χ0) is 14.1. The highest BCUT2D eigenvalue weighted by atomic mass is 16.3. The summed E-state index contributed by atoms with van der Waals surface area (Å²) in [6, 6.07) is 6.00. The fourth-order valence-electron chi connectivity index (χ4n) is 3.31. The van der Waals surface area contributed by atoms with Gasteiger partial charge in [0.15, 0.2) is 0 Å². The Labute approximate surface area is 119 Å². The van der Waals surface area contributed by atoms with Crippen LogP contribution >= 0.6 is 0 Å². The number of fused-ring (bicyclic) bond motifs is 1. The van der Waals surface area contributed by atoms with Gasteiger partial charge in [0.25, 0.3) is 0 Å². The van der Waals surface area contributed by atoms with Crippen LogP contribution in [-0.2, 0) is 6.54 Å². The highest BCUT2D eigenvalue weighted by Gasteiger charge is 2.31. The molecule has 4 nitrogen and oxygen atoms in total. The lowest BCUT2D eigenvalue weighted by Gasteiger charge is -2.16. The molecule has 0 amide bonds. The van der Waals surface area contributed by atoms with Crippen molar-refractivity contribution >= 4 is 0 Å². The summed E-state index contributed by atoms with van der Waals surface area (Å²) in [5.74, 6) is 0.922. The number of rotatable bonds is 4. The van der Waals surface area contributed by atoms with E-state index in [1.807, 2.05) is 29.1 Å². The summed E-state index contributed by atoms with van der Waals surface area (Å²) in [5.41, 5.74) is 3.70. The highest BCUT2D eigenvalue weighted by molar-refractivity contribution is 5.50. The van der Waals surface area contributed by atoms with E-state index in [0.29, 0.717) is 11.7 Å². The average Bonchev–Trinajstić information content (AvgIpc) is 3.03. The topological polar surface area (TPSA) is 50.1 Å². The van der Waals surface area contributed by atoms with Gasteiger partial charge in [-0.1, -0.05) is 13.0 Å². The summed E-state index contributed by atoms with van der Waals surface area (Å²) in [5, 5.41) is 17.9. The Bertz CT molecular complexity index is 592. The van der Waals surface area contributed by atoms with Crippen LogP contribution in [0.1, 0.15) is 42.0 Å². The fourth-order valence-corrected chi connectivity index (χ4v) is 3.31. The van der Waals surface area contributed by atoms with Crippen molar-refractivity contribution in [1.29, 1.82) is 0 Å². The van der Waals surface area contributed by atoms with Crippen molar-refractivity contribution in [2.24, 2.45) is 0 Å². The van der Waals surface area contributed by atoms with E-state index in [4.69, 9.17) is 0 Å². The van der Waals surface area contributed by atoms with Crippen LogP contribution in [0.15, 0.2) is 30.6 Å². The van der Waals surface area contributed by atoms with Crippen molar-refractivity contribution in [2.45, 2.75) is 38.8 Å². The van der Waals surface area contributed by atoms with E-state index in [9.17, 15) is 5.11 Å². The van der Waals surface area contributed by atoms with E-state index in [-0.39, 0.29) is 6.04 Å². The molecule has 1 heterocycles. The SMILES string of the molecule is Cc1ccc(O)c2c1C(C)CC2NCCn1cccn1. The molecule has 0 bridgehead atoms. The van der Waals surface area contributed by atoms with Crippen LogP contribution < -0.4 is 5.32 Å². The van der Waals surface area contributed by atoms with Gasteiger partial charge in [0.1, 0.15) is 5.75 Å². The molecular weight excluding hydrogens is 250 g/mol. The fraction of sp³-hybridized carbons (Fsp3) is 0.438. The summed E-state index contributed by atoms with van der Waals surface area (Å²) in [7, 11) is 0. The van der Waals surface area contributed by atoms with Crippen LogP contribution in [0.5, 0.6) is 5.75 Å². The monoisotopic (exact) mass is 271 g/mol. The van der Waals surface area contributed by atoms with Gasteiger partial charge in [0.05, 0.1) is 6.54 Å². The standard InChI is InChI=1S/C16H21N3O/c1-11-4-5-14(20)16-13(10-12(2)15(11)16)17-7-9-19-8-3-6-18-19/h3-6,8,12-13,17,20H,7,9-10H2,1-2H3. The zero-order valence-electron chi connectivity index (χ0n) is 12.0. The molecule has 20 heavy (non-hydrogen) atoms. The molecule has 1 aromatic carbocycles. The van der Waals surface area contributed by atoms with Gasteiger partial charge >= 0.3 is 0 Å². The van der Waals surface area contributed by atoms with Crippen molar-refractivity contribution in [3.63, 3.8) is 0 Å². The zero-order valence-corrected chi connectivity index (χ0v) is 12.0. The molecular formula is C16H21N3O. The summed E-state index contributed by atoms with van der Waals surface area (Å²) in [4.78, 5) is 0. The number of aryl methyl sites for hydroxylation is 1. The normalized spacial score (nSPS) is 21.1.